The molecule has 0 aliphatic rings. The molecule has 16 heavy (non-hydrogen) atoms. The zero-order chi connectivity index (χ0) is 12.3. The SMILES string of the molecule is CCC(C)C(=O)c1cc(Br)c(C)cc1OC. The Kier molecular flexibility index (Phi) is 4.54. The van der Waals surface area contributed by atoms with Crippen molar-refractivity contribution in [1.29, 1.82) is 0 Å². The molecule has 0 fully saturated rings. The smallest absolute Gasteiger partial charge is 0.169 e. The van der Waals surface area contributed by atoms with E-state index >= 15 is 0 Å². The summed E-state index contributed by atoms with van der Waals surface area (Å²) in [5.41, 5.74) is 1.73. The summed E-state index contributed by atoms with van der Waals surface area (Å²) in [4.78, 5) is 12.1. The van der Waals surface area contributed by atoms with E-state index in [0.29, 0.717) is 11.3 Å². The Morgan fingerprint density at radius 3 is 2.62 bits per heavy atom. The monoisotopic (exact) mass is 284 g/mol. The molecule has 0 aromatic heterocycles. The number of halogens is 1. The molecule has 0 radical (unpaired) electrons. The minimum atomic E-state index is 0.0310. The van der Waals surface area contributed by atoms with E-state index in [4.69, 9.17) is 4.74 Å². The highest BCUT2D eigenvalue weighted by molar-refractivity contribution is 9.10. The Labute approximate surface area is 105 Å². The van der Waals surface area contributed by atoms with Crippen LogP contribution < -0.4 is 4.74 Å². The quantitative estimate of drug-likeness (QED) is 0.782. The number of hydrogen-bond donors (Lipinski definition) is 0. The fraction of sp³-hybridized carbons (Fsp3) is 0.462. The van der Waals surface area contributed by atoms with Crippen molar-refractivity contribution in [2.24, 2.45) is 5.92 Å². The molecule has 0 heterocycles. The number of rotatable bonds is 4. The summed E-state index contributed by atoms with van der Waals surface area (Å²) in [6.07, 6.45) is 0.841. The van der Waals surface area contributed by atoms with E-state index in [1.165, 1.54) is 0 Å². The van der Waals surface area contributed by atoms with E-state index in [1.807, 2.05) is 32.9 Å². The molecule has 1 aromatic rings. The fourth-order valence-corrected chi connectivity index (χ4v) is 1.81. The van der Waals surface area contributed by atoms with Crippen molar-refractivity contribution in [3.63, 3.8) is 0 Å². The molecular formula is C13H17BrO2. The third-order valence-electron chi connectivity index (χ3n) is 2.81. The summed E-state index contributed by atoms with van der Waals surface area (Å²) in [5.74, 6) is 0.828. The minimum absolute atomic E-state index is 0.0310. The van der Waals surface area contributed by atoms with Crippen LogP contribution >= 0.6 is 15.9 Å². The number of carbonyl (C=O) groups excluding carboxylic acids is 1. The van der Waals surface area contributed by atoms with Crippen LogP contribution in [0.1, 0.15) is 36.2 Å². The maximum atomic E-state index is 12.1. The second-order valence-corrected chi connectivity index (χ2v) is 4.83. The minimum Gasteiger partial charge on any atom is -0.496 e. The van der Waals surface area contributed by atoms with E-state index in [9.17, 15) is 4.79 Å². The van der Waals surface area contributed by atoms with Gasteiger partial charge in [-0.15, -0.1) is 0 Å². The molecule has 1 rings (SSSR count). The summed E-state index contributed by atoms with van der Waals surface area (Å²) in [6.45, 7) is 5.93. The maximum Gasteiger partial charge on any atom is 0.169 e. The number of hydrogen-bond acceptors (Lipinski definition) is 2. The van der Waals surface area contributed by atoms with Crippen LogP contribution in [0.2, 0.25) is 0 Å². The van der Waals surface area contributed by atoms with Gasteiger partial charge in [0.2, 0.25) is 0 Å². The van der Waals surface area contributed by atoms with Crippen molar-refractivity contribution in [2.75, 3.05) is 7.11 Å². The van der Waals surface area contributed by atoms with E-state index in [2.05, 4.69) is 15.9 Å². The summed E-state index contributed by atoms with van der Waals surface area (Å²) in [6, 6.07) is 3.74. The topological polar surface area (TPSA) is 26.3 Å². The zero-order valence-electron chi connectivity index (χ0n) is 10.1. The van der Waals surface area contributed by atoms with Crippen molar-refractivity contribution in [2.45, 2.75) is 27.2 Å². The number of methoxy groups -OCH3 is 1. The lowest BCUT2D eigenvalue weighted by Gasteiger charge is -2.13. The van der Waals surface area contributed by atoms with Crippen LogP contribution in [0.15, 0.2) is 16.6 Å². The fourth-order valence-electron chi connectivity index (χ4n) is 1.47. The van der Waals surface area contributed by atoms with Gasteiger partial charge < -0.3 is 4.74 Å². The predicted octanol–water partition coefficient (Wildman–Crippen LogP) is 3.99. The Morgan fingerprint density at radius 1 is 1.50 bits per heavy atom. The largest absolute Gasteiger partial charge is 0.496 e. The Morgan fingerprint density at radius 2 is 2.12 bits per heavy atom. The molecule has 0 spiro atoms. The number of carbonyl (C=O) groups is 1. The van der Waals surface area contributed by atoms with Gasteiger partial charge in [-0.1, -0.05) is 29.8 Å². The highest BCUT2D eigenvalue weighted by Crippen LogP contribution is 2.29. The average molecular weight is 285 g/mol. The number of aryl methyl sites for hydroxylation is 1. The first kappa shape index (κ1) is 13.2. The van der Waals surface area contributed by atoms with Crippen LogP contribution in [0.4, 0.5) is 0 Å². The molecule has 3 heteroatoms. The van der Waals surface area contributed by atoms with Gasteiger partial charge in [-0.05, 0) is 31.0 Å². The lowest BCUT2D eigenvalue weighted by molar-refractivity contribution is 0.0924. The average Bonchev–Trinajstić information content (AvgIpc) is 2.30. The first-order chi connectivity index (χ1) is 7.51. The molecule has 0 bridgehead atoms. The predicted molar refractivity (Wildman–Crippen MR) is 69.2 cm³/mol. The van der Waals surface area contributed by atoms with E-state index in [0.717, 1.165) is 16.5 Å². The highest BCUT2D eigenvalue weighted by atomic mass is 79.9. The molecule has 1 atom stereocenters. The van der Waals surface area contributed by atoms with Gasteiger partial charge in [0, 0.05) is 10.4 Å². The summed E-state index contributed by atoms with van der Waals surface area (Å²) in [7, 11) is 1.59. The van der Waals surface area contributed by atoms with Crippen molar-refractivity contribution in [3.05, 3.63) is 27.7 Å². The molecule has 1 aromatic carbocycles. The maximum absolute atomic E-state index is 12.1. The summed E-state index contributed by atoms with van der Waals surface area (Å²) in [5, 5.41) is 0. The van der Waals surface area contributed by atoms with Crippen LogP contribution in [0.3, 0.4) is 0 Å². The van der Waals surface area contributed by atoms with Gasteiger partial charge in [-0.3, -0.25) is 4.79 Å². The number of ketones is 1. The van der Waals surface area contributed by atoms with Crippen LogP contribution in [-0.4, -0.2) is 12.9 Å². The van der Waals surface area contributed by atoms with Gasteiger partial charge in [0.15, 0.2) is 5.78 Å². The lowest BCUT2D eigenvalue weighted by Crippen LogP contribution is -2.11. The summed E-state index contributed by atoms with van der Waals surface area (Å²) < 4.78 is 6.20. The third-order valence-corrected chi connectivity index (χ3v) is 3.66. The number of benzene rings is 1. The van der Waals surface area contributed by atoms with Crippen molar-refractivity contribution < 1.29 is 9.53 Å². The second-order valence-electron chi connectivity index (χ2n) is 3.98. The third kappa shape index (κ3) is 2.64. The van der Waals surface area contributed by atoms with Crippen LogP contribution in [0.5, 0.6) is 5.75 Å². The lowest BCUT2D eigenvalue weighted by atomic mass is 9.96. The summed E-state index contributed by atoms with van der Waals surface area (Å²) >= 11 is 3.44. The standard InChI is InChI=1S/C13H17BrO2/c1-5-8(2)13(15)10-7-11(14)9(3)6-12(10)16-4/h6-8H,5H2,1-4H3. The molecule has 0 aliphatic carbocycles. The van der Waals surface area contributed by atoms with Gasteiger partial charge in [-0.2, -0.15) is 0 Å². The molecule has 0 amide bonds. The van der Waals surface area contributed by atoms with Crippen LogP contribution in [0.25, 0.3) is 0 Å². The van der Waals surface area contributed by atoms with Crippen molar-refractivity contribution in [1.82, 2.24) is 0 Å². The Balaban J connectivity index is 3.21. The zero-order valence-corrected chi connectivity index (χ0v) is 11.7. The van der Waals surface area contributed by atoms with Gasteiger partial charge in [-0.25, -0.2) is 0 Å². The second kappa shape index (κ2) is 5.48. The van der Waals surface area contributed by atoms with Gasteiger partial charge in [0.25, 0.3) is 0 Å². The molecule has 0 saturated carbocycles. The Hall–Kier alpha value is -0.830. The molecular weight excluding hydrogens is 268 g/mol. The van der Waals surface area contributed by atoms with Gasteiger partial charge in [0.1, 0.15) is 5.75 Å². The van der Waals surface area contributed by atoms with Crippen molar-refractivity contribution >= 4 is 21.7 Å². The van der Waals surface area contributed by atoms with E-state index in [1.54, 1.807) is 7.11 Å². The first-order valence-electron chi connectivity index (χ1n) is 5.39. The Bertz CT molecular complexity index is 399. The molecule has 0 saturated heterocycles. The number of Topliss-reactive ketones (excluding diaryl/α,β-unsaturated/α-hetero) is 1. The molecule has 0 N–H and O–H groups in total. The van der Waals surface area contributed by atoms with Gasteiger partial charge in [0.05, 0.1) is 12.7 Å². The molecule has 1 unspecified atom stereocenters. The van der Waals surface area contributed by atoms with Crippen LogP contribution in [0, 0.1) is 12.8 Å². The highest BCUT2D eigenvalue weighted by Gasteiger charge is 2.18. The first-order valence-corrected chi connectivity index (χ1v) is 6.18. The molecule has 88 valence electrons. The molecule has 2 nitrogen and oxygen atoms in total. The normalized spacial score (nSPS) is 12.3. The van der Waals surface area contributed by atoms with Gasteiger partial charge >= 0.3 is 0 Å². The van der Waals surface area contributed by atoms with E-state index in [-0.39, 0.29) is 11.7 Å². The number of ether oxygens (including phenoxy) is 1. The van der Waals surface area contributed by atoms with Crippen LogP contribution in [-0.2, 0) is 0 Å². The molecule has 0 aliphatic heterocycles. The van der Waals surface area contributed by atoms with E-state index < -0.39 is 0 Å². The van der Waals surface area contributed by atoms with Crippen molar-refractivity contribution in [3.8, 4) is 5.75 Å².